The van der Waals surface area contributed by atoms with Gasteiger partial charge in [0, 0.05) is 19.8 Å². The SMILES string of the molecule is CCCNCc1cccc(N(C)Cc2ccccn2)n1. The fraction of sp³-hybridized carbons (Fsp3) is 0.375. The van der Waals surface area contributed by atoms with Crippen LogP contribution in [0.2, 0.25) is 0 Å². The second-order valence-corrected chi connectivity index (χ2v) is 4.84. The minimum atomic E-state index is 0.764. The van der Waals surface area contributed by atoms with Gasteiger partial charge in [0.15, 0.2) is 0 Å². The third-order valence-corrected chi connectivity index (χ3v) is 3.04. The summed E-state index contributed by atoms with van der Waals surface area (Å²) in [6, 6.07) is 12.1. The van der Waals surface area contributed by atoms with E-state index in [4.69, 9.17) is 0 Å². The van der Waals surface area contributed by atoms with Gasteiger partial charge in [-0.25, -0.2) is 4.98 Å². The Hall–Kier alpha value is -1.94. The van der Waals surface area contributed by atoms with Crippen molar-refractivity contribution in [1.82, 2.24) is 15.3 Å². The number of hydrogen-bond acceptors (Lipinski definition) is 4. The lowest BCUT2D eigenvalue weighted by molar-refractivity contribution is 0.663. The first-order chi connectivity index (χ1) is 9.79. The van der Waals surface area contributed by atoms with Gasteiger partial charge < -0.3 is 10.2 Å². The Morgan fingerprint density at radius 3 is 2.70 bits per heavy atom. The molecule has 0 radical (unpaired) electrons. The van der Waals surface area contributed by atoms with E-state index in [0.717, 1.165) is 43.3 Å². The van der Waals surface area contributed by atoms with Gasteiger partial charge in [0.25, 0.3) is 0 Å². The average Bonchev–Trinajstić information content (AvgIpc) is 2.49. The van der Waals surface area contributed by atoms with Crippen LogP contribution in [0.4, 0.5) is 5.82 Å². The van der Waals surface area contributed by atoms with Crippen LogP contribution in [0, 0.1) is 0 Å². The molecular weight excluding hydrogens is 248 g/mol. The van der Waals surface area contributed by atoms with Crippen LogP contribution in [0.3, 0.4) is 0 Å². The molecule has 4 heteroatoms. The monoisotopic (exact) mass is 270 g/mol. The van der Waals surface area contributed by atoms with Crippen LogP contribution in [-0.2, 0) is 13.1 Å². The van der Waals surface area contributed by atoms with Gasteiger partial charge in [-0.1, -0.05) is 19.1 Å². The highest BCUT2D eigenvalue weighted by molar-refractivity contribution is 5.38. The van der Waals surface area contributed by atoms with Gasteiger partial charge in [-0.2, -0.15) is 0 Å². The zero-order chi connectivity index (χ0) is 14.2. The lowest BCUT2D eigenvalue weighted by Gasteiger charge is -2.18. The zero-order valence-corrected chi connectivity index (χ0v) is 12.2. The van der Waals surface area contributed by atoms with Gasteiger partial charge in [0.1, 0.15) is 5.82 Å². The van der Waals surface area contributed by atoms with Crippen molar-refractivity contribution in [3.8, 4) is 0 Å². The molecule has 20 heavy (non-hydrogen) atoms. The standard InChI is InChI=1S/C16H22N4/c1-3-10-17-12-14-8-6-9-16(19-14)20(2)13-15-7-4-5-11-18-15/h4-9,11,17H,3,10,12-13H2,1-2H3. The fourth-order valence-corrected chi connectivity index (χ4v) is 1.99. The van der Waals surface area contributed by atoms with Crippen LogP contribution in [-0.4, -0.2) is 23.6 Å². The molecule has 2 heterocycles. The van der Waals surface area contributed by atoms with E-state index in [2.05, 4.69) is 39.2 Å². The van der Waals surface area contributed by atoms with Crippen LogP contribution in [0.5, 0.6) is 0 Å². The van der Waals surface area contributed by atoms with Crippen molar-refractivity contribution in [3.05, 3.63) is 54.0 Å². The van der Waals surface area contributed by atoms with E-state index >= 15 is 0 Å². The van der Waals surface area contributed by atoms with Crippen LogP contribution < -0.4 is 10.2 Å². The molecule has 0 fully saturated rings. The van der Waals surface area contributed by atoms with E-state index in [1.807, 2.05) is 37.5 Å². The Labute approximate surface area is 120 Å². The summed E-state index contributed by atoms with van der Waals surface area (Å²) >= 11 is 0. The maximum Gasteiger partial charge on any atom is 0.128 e. The number of anilines is 1. The van der Waals surface area contributed by atoms with Crippen LogP contribution in [0.1, 0.15) is 24.7 Å². The van der Waals surface area contributed by atoms with E-state index in [1.54, 1.807) is 0 Å². The summed E-state index contributed by atoms with van der Waals surface area (Å²) in [4.78, 5) is 11.1. The molecule has 0 aliphatic rings. The third-order valence-electron chi connectivity index (χ3n) is 3.04. The van der Waals surface area contributed by atoms with E-state index in [9.17, 15) is 0 Å². The van der Waals surface area contributed by atoms with Gasteiger partial charge in [0.2, 0.25) is 0 Å². The van der Waals surface area contributed by atoms with Gasteiger partial charge >= 0.3 is 0 Å². The maximum atomic E-state index is 4.68. The first-order valence-corrected chi connectivity index (χ1v) is 7.07. The van der Waals surface area contributed by atoms with Crippen molar-refractivity contribution in [2.75, 3.05) is 18.5 Å². The lowest BCUT2D eigenvalue weighted by atomic mass is 10.3. The molecule has 0 amide bonds. The average molecular weight is 270 g/mol. The largest absolute Gasteiger partial charge is 0.354 e. The second-order valence-electron chi connectivity index (χ2n) is 4.84. The van der Waals surface area contributed by atoms with Crippen molar-refractivity contribution in [2.24, 2.45) is 0 Å². The Balaban J connectivity index is 1.99. The smallest absolute Gasteiger partial charge is 0.128 e. The quantitative estimate of drug-likeness (QED) is 0.785. The minimum Gasteiger partial charge on any atom is -0.354 e. The number of hydrogen-bond donors (Lipinski definition) is 1. The van der Waals surface area contributed by atoms with E-state index in [1.165, 1.54) is 0 Å². The normalized spacial score (nSPS) is 10.5. The first-order valence-electron chi connectivity index (χ1n) is 7.07. The molecule has 2 aromatic heterocycles. The molecule has 106 valence electrons. The number of pyridine rings is 2. The first kappa shape index (κ1) is 14.5. The van der Waals surface area contributed by atoms with Gasteiger partial charge in [-0.3, -0.25) is 4.98 Å². The predicted molar refractivity (Wildman–Crippen MR) is 82.6 cm³/mol. The molecule has 0 unspecified atom stereocenters. The van der Waals surface area contributed by atoms with E-state index in [-0.39, 0.29) is 0 Å². The van der Waals surface area contributed by atoms with Crippen LogP contribution in [0.15, 0.2) is 42.6 Å². The van der Waals surface area contributed by atoms with Crippen molar-refractivity contribution < 1.29 is 0 Å². The molecule has 0 aliphatic carbocycles. The number of nitrogens with one attached hydrogen (secondary N) is 1. The summed E-state index contributed by atoms with van der Waals surface area (Å²) in [5.41, 5.74) is 2.12. The van der Waals surface area contributed by atoms with Crippen molar-refractivity contribution in [1.29, 1.82) is 0 Å². The molecule has 2 rings (SSSR count). The molecule has 2 aromatic rings. The van der Waals surface area contributed by atoms with Gasteiger partial charge in [-0.05, 0) is 37.2 Å². The topological polar surface area (TPSA) is 41.0 Å². The summed E-state index contributed by atoms with van der Waals surface area (Å²) in [6.07, 6.45) is 2.96. The maximum absolute atomic E-state index is 4.68. The summed E-state index contributed by atoms with van der Waals surface area (Å²) < 4.78 is 0. The van der Waals surface area contributed by atoms with Crippen molar-refractivity contribution >= 4 is 5.82 Å². The summed E-state index contributed by atoms with van der Waals surface area (Å²) in [7, 11) is 2.04. The molecule has 0 aromatic carbocycles. The zero-order valence-electron chi connectivity index (χ0n) is 12.2. The third kappa shape index (κ3) is 4.31. The minimum absolute atomic E-state index is 0.764. The highest BCUT2D eigenvalue weighted by Crippen LogP contribution is 2.12. The number of nitrogens with zero attached hydrogens (tertiary/aromatic N) is 3. The predicted octanol–water partition coefficient (Wildman–Crippen LogP) is 2.61. The van der Waals surface area contributed by atoms with Crippen LogP contribution >= 0.6 is 0 Å². The molecular formula is C16H22N4. The van der Waals surface area contributed by atoms with Gasteiger partial charge in [-0.15, -0.1) is 0 Å². The molecule has 0 saturated heterocycles. The van der Waals surface area contributed by atoms with Crippen LogP contribution in [0.25, 0.3) is 0 Å². The Kier molecular flexibility index (Phi) is 5.50. The molecule has 0 spiro atoms. The molecule has 0 bridgehead atoms. The second kappa shape index (κ2) is 7.60. The molecule has 0 aliphatic heterocycles. The molecule has 4 nitrogen and oxygen atoms in total. The Morgan fingerprint density at radius 2 is 1.95 bits per heavy atom. The van der Waals surface area contributed by atoms with E-state index in [0.29, 0.717) is 0 Å². The number of aromatic nitrogens is 2. The van der Waals surface area contributed by atoms with Crippen molar-refractivity contribution in [2.45, 2.75) is 26.4 Å². The highest BCUT2D eigenvalue weighted by Gasteiger charge is 2.05. The summed E-state index contributed by atoms with van der Waals surface area (Å²) in [5, 5.41) is 3.37. The van der Waals surface area contributed by atoms with E-state index < -0.39 is 0 Å². The Bertz CT molecular complexity index is 513. The molecule has 0 atom stereocenters. The number of rotatable bonds is 7. The van der Waals surface area contributed by atoms with Gasteiger partial charge in [0.05, 0.1) is 17.9 Å². The Morgan fingerprint density at radius 1 is 1.10 bits per heavy atom. The molecule has 0 saturated carbocycles. The fourth-order valence-electron chi connectivity index (χ4n) is 1.99. The summed E-state index contributed by atoms with van der Waals surface area (Å²) in [5.74, 6) is 0.978. The highest BCUT2D eigenvalue weighted by atomic mass is 15.2. The summed E-state index contributed by atoms with van der Waals surface area (Å²) in [6.45, 7) is 4.77. The lowest BCUT2D eigenvalue weighted by Crippen LogP contribution is -2.20. The molecule has 1 N–H and O–H groups in total. The van der Waals surface area contributed by atoms with Crippen molar-refractivity contribution in [3.63, 3.8) is 0 Å².